The Labute approximate surface area is 117 Å². The zero-order chi connectivity index (χ0) is 14.5. The highest BCUT2D eigenvalue weighted by Gasteiger charge is 2.12. The lowest BCUT2D eigenvalue weighted by Crippen LogP contribution is -2.14. The zero-order valence-corrected chi connectivity index (χ0v) is 11.4. The number of aryl methyl sites for hydroxylation is 2. The molecule has 0 bridgehead atoms. The number of benzene rings is 1. The van der Waals surface area contributed by atoms with Crippen molar-refractivity contribution in [1.82, 2.24) is 5.16 Å². The van der Waals surface area contributed by atoms with Crippen molar-refractivity contribution in [3.8, 4) is 11.8 Å². The standard InChI is InChI=1S/C15H15N3O2/c1-10-5-6-13(12(8-10)4-3-7-16)15(19)17-14-9-11(2)20-18-14/h5-6,8-9H,7,16H2,1-2H3,(H,17,18,19). The van der Waals surface area contributed by atoms with Gasteiger partial charge < -0.3 is 15.6 Å². The first-order valence-corrected chi connectivity index (χ1v) is 6.14. The van der Waals surface area contributed by atoms with Gasteiger partial charge in [-0.3, -0.25) is 4.79 Å². The Hall–Kier alpha value is -2.58. The number of hydrogen-bond donors (Lipinski definition) is 2. The highest BCUT2D eigenvalue weighted by atomic mass is 16.5. The third-order valence-electron chi connectivity index (χ3n) is 2.61. The third kappa shape index (κ3) is 3.25. The molecule has 1 heterocycles. The Morgan fingerprint density at radius 3 is 2.85 bits per heavy atom. The van der Waals surface area contributed by atoms with Gasteiger partial charge in [0.2, 0.25) is 0 Å². The number of aromatic nitrogens is 1. The van der Waals surface area contributed by atoms with E-state index in [-0.39, 0.29) is 12.5 Å². The molecule has 5 heteroatoms. The number of anilines is 1. The highest BCUT2D eigenvalue weighted by molar-refractivity contribution is 6.05. The lowest BCUT2D eigenvalue weighted by molar-refractivity contribution is 0.102. The molecule has 1 aromatic carbocycles. The summed E-state index contributed by atoms with van der Waals surface area (Å²) in [5.74, 6) is 6.40. The van der Waals surface area contributed by atoms with Crippen LogP contribution in [0.3, 0.4) is 0 Å². The van der Waals surface area contributed by atoms with Gasteiger partial charge in [0.1, 0.15) is 5.76 Å². The van der Waals surface area contributed by atoms with E-state index in [9.17, 15) is 4.79 Å². The molecule has 0 saturated heterocycles. The first-order valence-electron chi connectivity index (χ1n) is 6.14. The summed E-state index contributed by atoms with van der Waals surface area (Å²) in [4.78, 5) is 12.2. The maximum absolute atomic E-state index is 12.2. The zero-order valence-electron chi connectivity index (χ0n) is 11.4. The van der Waals surface area contributed by atoms with Crippen LogP contribution in [0.4, 0.5) is 5.82 Å². The molecule has 0 atom stereocenters. The van der Waals surface area contributed by atoms with Crippen molar-refractivity contribution in [2.45, 2.75) is 13.8 Å². The number of amides is 1. The Balaban J connectivity index is 2.29. The molecule has 0 radical (unpaired) electrons. The van der Waals surface area contributed by atoms with Gasteiger partial charge in [-0.2, -0.15) is 0 Å². The molecule has 1 aromatic heterocycles. The van der Waals surface area contributed by atoms with Crippen LogP contribution in [0.15, 0.2) is 28.8 Å². The summed E-state index contributed by atoms with van der Waals surface area (Å²) in [5.41, 5.74) is 7.53. The van der Waals surface area contributed by atoms with Gasteiger partial charge in [0.25, 0.3) is 5.91 Å². The Morgan fingerprint density at radius 1 is 1.40 bits per heavy atom. The van der Waals surface area contributed by atoms with Crippen LogP contribution in [-0.2, 0) is 0 Å². The normalized spacial score (nSPS) is 9.75. The first-order chi connectivity index (χ1) is 9.60. The molecular weight excluding hydrogens is 254 g/mol. The van der Waals surface area contributed by atoms with Crippen LogP contribution in [-0.4, -0.2) is 17.6 Å². The fourth-order valence-corrected chi connectivity index (χ4v) is 1.71. The monoisotopic (exact) mass is 269 g/mol. The average Bonchev–Trinajstić information content (AvgIpc) is 2.81. The predicted molar refractivity (Wildman–Crippen MR) is 76.3 cm³/mol. The third-order valence-corrected chi connectivity index (χ3v) is 2.61. The molecule has 0 aliphatic carbocycles. The van der Waals surface area contributed by atoms with Crippen molar-refractivity contribution >= 4 is 11.7 Å². The number of nitrogens with two attached hydrogens (primary N) is 1. The van der Waals surface area contributed by atoms with Crippen LogP contribution < -0.4 is 11.1 Å². The van der Waals surface area contributed by atoms with E-state index < -0.39 is 0 Å². The quantitative estimate of drug-likeness (QED) is 0.815. The SMILES string of the molecule is Cc1ccc(C(=O)Nc2cc(C)on2)c(C#CCN)c1. The summed E-state index contributed by atoms with van der Waals surface area (Å²) in [5, 5.41) is 6.40. The van der Waals surface area contributed by atoms with Gasteiger partial charge in [-0.15, -0.1) is 0 Å². The molecule has 1 amide bonds. The number of carbonyl (C=O) groups is 1. The number of carbonyl (C=O) groups excluding carboxylic acids is 1. The molecule has 0 aliphatic rings. The molecule has 0 aliphatic heterocycles. The van der Waals surface area contributed by atoms with E-state index in [1.165, 1.54) is 0 Å². The van der Waals surface area contributed by atoms with Crippen LogP contribution in [0.25, 0.3) is 0 Å². The summed E-state index contributed by atoms with van der Waals surface area (Å²) in [6, 6.07) is 7.09. The van der Waals surface area contributed by atoms with Crippen molar-refractivity contribution in [1.29, 1.82) is 0 Å². The second-order valence-electron chi connectivity index (χ2n) is 4.33. The van der Waals surface area contributed by atoms with Crippen LogP contribution in [0.2, 0.25) is 0 Å². The molecule has 0 saturated carbocycles. The van der Waals surface area contributed by atoms with E-state index in [0.29, 0.717) is 22.7 Å². The predicted octanol–water partition coefficient (Wildman–Crippen LogP) is 1.85. The molecule has 2 rings (SSSR count). The van der Waals surface area contributed by atoms with E-state index in [4.69, 9.17) is 10.3 Å². The van der Waals surface area contributed by atoms with Gasteiger partial charge in [-0.1, -0.05) is 23.1 Å². The van der Waals surface area contributed by atoms with Gasteiger partial charge in [-0.05, 0) is 31.5 Å². The number of hydrogen-bond acceptors (Lipinski definition) is 4. The maximum atomic E-state index is 12.2. The molecular formula is C15H15N3O2. The van der Waals surface area contributed by atoms with Gasteiger partial charge in [0.05, 0.1) is 12.1 Å². The second-order valence-corrected chi connectivity index (χ2v) is 4.33. The number of nitrogens with one attached hydrogen (secondary N) is 1. The highest BCUT2D eigenvalue weighted by Crippen LogP contribution is 2.14. The molecule has 0 fully saturated rings. The molecule has 2 aromatic rings. The molecule has 0 unspecified atom stereocenters. The van der Waals surface area contributed by atoms with Crippen molar-refractivity contribution in [2.75, 3.05) is 11.9 Å². The van der Waals surface area contributed by atoms with E-state index in [2.05, 4.69) is 22.3 Å². The van der Waals surface area contributed by atoms with Crippen molar-refractivity contribution < 1.29 is 9.32 Å². The molecule has 5 nitrogen and oxygen atoms in total. The summed E-state index contributed by atoms with van der Waals surface area (Å²) < 4.78 is 4.91. The summed E-state index contributed by atoms with van der Waals surface area (Å²) >= 11 is 0. The maximum Gasteiger partial charge on any atom is 0.258 e. The average molecular weight is 269 g/mol. The largest absolute Gasteiger partial charge is 0.360 e. The van der Waals surface area contributed by atoms with Crippen molar-refractivity contribution in [2.24, 2.45) is 5.73 Å². The fraction of sp³-hybridized carbons (Fsp3) is 0.200. The van der Waals surface area contributed by atoms with Gasteiger partial charge in [0.15, 0.2) is 5.82 Å². The van der Waals surface area contributed by atoms with Gasteiger partial charge in [0, 0.05) is 11.6 Å². The minimum absolute atomic E-state index is 0.248. The van der Waals surface area contributed by atoms with Crippen molar-refractivity contribution in [3.63, 3.8) is 0 Å². The van der Waals surface area contributed by atoms with Crippen LogP contribution in [0.1, 0.15) is 27.2 Å². The van der Waals surface area contributed by atoms with Gasteiger partial charge >= 0.3 is 0 Å². The first kappa shape index (κ1) is 13.8. The van der Waals surface area contributed by atoms with Crippen molar-refractivity contribution in [3.05, 3.63) is 46.7 Å². The van der Waals surface area contributed by atoms with E-state index in [1.54, 1.807) is 19.1 Å². The van der Waals surface area contributed by atoms with E-state index in [1.807, 2.05) is 19.1 Å². The Bertz CT molecular complexity index is 693. The Kier molecular flexibility index (Phi) is 4.18. The minimum Gasteiger partial charge on any atom is -0.360 e. The van der Waals surface area contributed by atoms with Crippen LogP contribution in [0.5, 0.6) is 0 Å². The number of nitrogens with zero attached hydrogens (tertiary/aromatic N) is 1. The van der Waals surface area contributed by atoms with Crippen LogP contribution >= 0.6 is 0 Å². The number of rotatable bonds is 2. The molecule has 102 valence electrons. The summed E-state index contributed by atoms with van der Waals surface area (Å²) in [6.45, 7) is 3.94. The smallest absolute Gasteiger partial charge is 0.258 e. The summed E-state index contributed by atoms with van der Waals surface area (Å²) in [7, 11) is 0. The molecule has 3 N–H and O–H groups in total. The van der Waals surface area contributed by atoms with E-state index in [0.717, 1.165) is 5.56 Å². The topological polar surface area (TPSA) is 81.2 Å². The summed E-state index contributed by atoms with van der Waals surface area (Å²) in [6.07, 6.45) is 0. The van der Waals surface area contributed by atoms with Gasteiger partial charge in [-0.25, -0.2) is 0 Å². The Morgan fingerprint density at radius 2 is 2.20 bits per heavy atom. The lowest BCUT2D eigenvalue weighted by atomic mass is 10.0. The molecule has 20 heavy (non-hydrogen) atoms. The second kappa shape index (κ2) is 6.04. The van der Waals surface area contributed by atoms with E-state index >= 15 is 0 Å². The minimum atomic E-state index is -0.278. The lowest BCUT2D eigenvalue weighted by Gasteiger charge is -2.05. The van der Waals surface area contributed by atoms with Crippen LogP contribution in [0, 0.1) is 25.7 Å². The molecule has 0 spiro atoms. The fourth-order valence-electron chi connectivity index (χ4n) is 1.71.